The Labute approximate surface area is 100 Å². The summed E-state index contributed by atoms with van der Waals surface area (Å²) in [5.41, 5.74) is 0.935. The first-order valence-corrected chi connectivity index (χ1v) is 6.52. The summed E-state index contributed by atoms with van der Waals surface area (Å²) in [6.45, 7) is 3.49. The fourth-order valence-electron chi connectivity index (χ4n) is 1.71. The van der Waals surface area contributed by atoms with Crippen molar-refractivity contribution in [1.82, 2.24) is 4.98 Å². The Hall–Kier alpha value is -0.580. The Morgan fingerprint density at radius 2 is 2.25 bits per heavy atom. The number of aliphatic hydroxyl groups is 1. The molecule has 88 valence electrons. The Kier molecular flexibility index (Phi) is 4.21. The molecule has 2 rings (SSSR count). The van der Waals surface area contributed by atoms with Gasteiger partial charge in [0.2, 0.25) is 0 Å². The Morgan fingerprint density at radius 3 is 2.94 bits per heavy atom. The summed E-state index contributed by atoms with van der Waals surface area (Å²) in [6, 6.07) is 3.84. The number of ether oxygens (including phenoxy) is 1. The molecule has 1 atom stereocenters. The molecule has 0 aromatic carbocycles. The average molecular weight is 239 g/mol. The van der Waals surface area contributed by atoms with Gasteiger partial charge in [0.05, 0.1) is 11.1 Å². The largest absolute Gasteiger partial charge is 0.389 e. The molecule has 3 nitrogen and oxygen atoms in total. The summed E-state index contributed by atoms with van der Waals surface area (Å²) in [5.74, 6) is 0. The van der Waals surface area contributed by atoms with Gasteiger partial charge in [-0.25, -0.2) is 4.98 Å². The molecule has 1 aliphatic rings. The molecule has 0 unspecified atom stereocenters. The first-order chi connectivity index (χ1) is 7.75. The van der Waals surface area contributed by atoms with Gasteiger partial charge in [-0.2, -0.15) is 0 Å². The Bertz CT molecular complexity index is 338. The molecule has 0 radical (unpaired) electrons. The van der Waals surface area contributed by atoms with Crippen molar-refractivity contribution in [3.8, 4) is 0 Å². The first-order valence-electron chi connectivity index (χ1n) is 5.64. The average Bonchev–Trinajstić information content (AvgIpc) is 2.30. The van der Waals surface area contributed by atoms with Crippen LogP contribution < -0.4 is 0 Å². The van der Waals surface area contributed by atoms with E-state index in [2.05, 4.69) is 4.98 Å². The maximum atomic E-state index is 9.50. The molecule has 1 aromatic rings. The van der Waals surface area contributed by atoms with Crippen molar-refractivity contribution in [3.05, 3.63) is 23.9 Å². The number of aromatic nitrogens is 1. The molecule has 1 N–H and O–H groups in total. The van der Waals surface area contributed by atoms with Gasteiger partial charge in [-0.15, -0.1) is 11.8 Å². The molecule has 1 saturated heterocycles. The van der Waals surface area contributed by atoms with Crippen molar-refractivity contribution in [1.29, 1.82) is 0 Å². The highest BCUT2D eigenvalue weighted by Gasteiger charge is 2.16. The molecule has 2 heterocycles. The number of hydrogen-bond donors (Lipinski definition) is 1. The van der Waals surface area contributed by atoms with Crippen LogP contribution in [0.25, 0.3) is 0 Å². The zero-order valence-electron chi connectivity index (χ0n) is 9.43. The van der Waals surface area contributed by atoms with Gasteiger partial charge in [0.15, 0.2) is 0 Å². The van der Waals surface area contributed by atoms with Crippen LogP contribution in [0.15, 0.2) is 23.4 Å². The zero-order valence-corrected chi connectivity index (χ0v) is 10.2. The van der Waals surface area contributed by atoms with E-state index in [0.717, 1.165) is 36.6 Å². The molecule has 4 heteroatoms. The number of thioether (sulfide) groups is 1. The molecular formula is C12H17NO2S. The highest BCUT2D eigenvalue weighted by molar-refractivity contribution is 7.99. The highest BCUT2D eigenvalue weighted by Crippen LogP contribution is 2.29. The minimum atomic E-state index is -0.419. The van der Waals surface area contributed by atoms with E-state index in [-0.39, 0.29) is 0 Å². The molecule has 0 bridgehead atoms. The van der Waals surface area contributed by atoms with Crippen molar-refractivity contribution in [2.75, 3.05) is 13.2 Å². The van der Waals surface area contributed by atoms with Gasteiger partial charge in [0, 0.05) is 24.7 Å². The van der Waals surface area contributed by atoms with Gasteiger partial charge < -0.3 is 9.84 Å². The van der Waals surface area contributed by atoms with E-state index in [1.165, 1.54) is 0 Å². The van der Waals surface area contributed by atoms with Crippen LogP contribution in [0.5, 0.6) is 0 Å². The molecular weight excluding hydrogens is 222 g/mol. The fraction of sp³-hybridized carbons (Fsp3) is 0.583. The number of aliphatic hydroxyl groups excluding tert-OH is 1. The molecule has 1 aromatic heterocycles. The number of rotatable bonds is 3. The van der Waals surface area contributed by atoms with Crippen LogP contribution in [0, 0.1) is 0 Å². The maximum absolute atomic E-state index is 9.50. The second-order valence-corrected chi connectivity index (χ2v) is 5.35. The zero-order chi connectivity index (χ0) is 11.4. The van der Waals surface area contributed by atoms with Crippen molar-refractivity contribution < 1.29 is 9.84 Å². The third kappa shape index (κ3) is 3.20. The lowest BCUT2D eigenvalue weighted by molar-refractivity contribution is 0.1000. The number of nitrogens with zero attached hydrogens (tertiary/aromatic N) is 1. The van der Waals surface area contributed by atoms with Gasteiger partial charge in [-0.05, 0) is 37.5 Å². The van der Waals surface area contributed by atoms with E-state index in [4.69, 9.17) is 4.74 Å². The van der Waals surface area contributed by atoms with E-state index in [0.29, 0.717) is 5.25 Å². The quantitative estimate of drug-likeness (QED) is 0.879. The van der Waals surface area contributed by atoms with Crippen molar-refractivity contribution in [2.24, 2.45) is 0 Å². The molecule has 1 aliphatic heterocycles. The highest BCUT2D eigenvalue weighted by atomic mass is 32.2. The standard InChI is InChI=1S/C12H17NO2S/c1-9(14)10-2-5-13-12(8-10)16-11-3-6-15-7-4-11/h2,5,8-9,11,14H,3-4,6-7H2,1H3/t9-/m0/s1. The van der Waals surface area contributed by atoms with E-state index < -0.39 is 6.10 Å². The van der Waals surface area contributed by atoms with E-state index in [9.17, 15) is 5.11 Å². The predicted molar refractivity (Wildman–Crippen MR) is 64.6 cm³/mol. The smallest absolute Gasteiger partial charge is 0.0966 e. The molecule has 1 fully saturated rings. The monoisotopic (exact) mass is 239 g/mol. The van der Waals surface area contributed by atoms with Crippen LogP contribution in [0.3, 0.4) is 0 Å². The Balaban J connectivity index is 2.00. The van der Waals surface area contributed by atoms with Crippen molar-refractivity contribution >= 4 is 11.8 Å². The van der Waals surface area contributed by atoms with Crippen LogP contribution in [-0.2, 0) is 4.74 Å². The predicted octanol–water partition coefficient (Wildman–Crippen LogP) is 2.41. The van der Waals surface area contributed by atoms with Gasteiger partial charge >= 0.3 is 0 Å². The van der Waals surface area contributed by atoms with Gasteiger partial charge in [0.25, 0.3) is 0 Å². The summed E-state index contributed by atoms with van der Waals surface area (Å²) in [6.07, 6.45) is 3.53. The first kappa shape index (κ1) is 11.9. The van der Waals surface area contributed by atoms with E-state index in [1.807, 2.05) is 12.1 Å². The second kappa shape index (κ2) is 5.66. The number of pyridine rings is 1. The molecule has 16 heavy (non-hydrogen) atoms. The lowest BCUT2D eigenvalue weighted by atomic mass is 10.2. The molecule has 0 aliphatic carbocycles. The summed E-state index contributed by atoms with van der Waals surface area (Å²) in [5, 5.41) is 11.1. The fourth-order valence-corrected chi connectivity index (χ4v) is 2.81. The maximum Gasteiger partial charge on any atom is 0.0966 e. The lowest BCUT2D eigenvalue weighted by Gasteiger charge is -2.21. The minimum absolute atomic E-state index is 0.419. The van der Waals surface area contributed by atoms with Crippen LogP contribution in [0.4, 0.5) is 0 Å². The summed E-state index contributed by atoms with van der Waals surface area (Å²) >= 11 is 1.79. The molecule has 0 saturated carbocycles. The van der Waals surface area contributed by atoms with Crippen LogP contribution in [0.1, 0.15) is 31.4 Å². The topological polar surface area (TPSA) is 42.4 Å². The third-order valence-electron chi connectivity index (χ3n) is 2.70. The second-order valence-electron chi connectivity index (χ2n) is 4.03. The van der Waals surface area contributed by atoms with Crippen molar-refractivity contribution in [3.63, 3.8) is 0 Å². The van der Waals surface area contributed by atoms with Crippen molar-refractivity contribution in [2.45, 2.75) is 36.1 Å². The Morgan fingerprint density at radius 1 is 1.50 bits per heavy atom. The van der Waals surface area contributed by atoms with Crippen LogP contribution >= 0.6 is 11.8 Å². The normalized spacial score (nSPS) is 19.6. The lowest BCUT2D eigenvalue weighted by Crippen LogP contribution is -2.17. The van der Waals surface area contributed by atoms with Crippen LogP contribution in [0.2, 0.25) is 0 Å². The van der Waals surface area contributed by atoms with Gasteiger partial charge in [-0.1, -0.05) is 0 Å². The number of hydrogen-bond acceptors (Lipinski definition) is 4. The van der Waals surface area contributed by atoms with Gasteiger partial charge in [-0.3, -0.25) is 0 Å². The SMILES string of the molecule is C[C@H](O)c1ccnc(SC2CCOCC2)c1. The summed E-state index contributed by atoms with van der Waals surface area (Å²) in [7, 11) is 0. The van der Waals surface area contributed by atoms with Gasteiger partial charge in [0.1, 0.15) is 0 Å². The van der Waals surface area contributed by atoms with E-state index in [1.54, 1.807) is 24.9 Å². The van der Waals surface area contributed by atoms with E-state index >= 15 is 0 Å². The van der Waals surface area contributed by atoms with Crippen LogP contribution in [-0.4, -0.2) is 28.6 Å². The summed E-state index contributed by atoms with van der Waals surface area (Å²) in [4.78, 5) is 4.33. The third-order valence-corrected chi connectivity index (χ3v) is 3.97. The molecule has 0 amide bonds. The molecule has 0 spiro atoms. The minimum Gasteiger partial charge on any atom is -0.389 e. The summed E-state index contributed by atoms with van der Waals surface area (Å²) < 4.78 is 5.33.